The maximum absolute atomic E-state index is 13.3. The topological polar surface area (TPSA) is 51.9 Å². The molecular weight excluding hydrogens is 386 g/mol. The Morgan fingerprint density at radius 3 is 2.81 bits per heavy atom. The van der Waals surface area contributed by atoms with Gasteiger partial charge in [-0.2, -0.15) is 0 Å². The van der Waals surface area contributed by atoms with E-state index < -0.39 is 0 Å². The number of halogens is 1. The van der Waals surface area contributed by atoms with E-state index in [4.69, 9.17) is 25.5 Å². The van der Waals surface area contributed by atoms with E-state index >= 15 is 0 Å². The number of rotatable bonds is 5. The van der Waals surface area contributed by atoms with Crippen molar-refractivity contribution < 1.29 is 18.7 Å². The molecule has 5 nitrogen and oxygen atoms in total. The quantitative estimate of drug-likeness (QED) is 0.601. The number of hydrogen-bond donors (Lipinski definition) is 0. The zero-order chi connectivity index (χ0) is 18.6. The third-order valence-corrected chi connectivity index (χ3v) is 5.33. The van der Waals surface area contributed by atoms with Crippen molar-refractivity contribution >= 4 is 28.8 Å². The van der Waals surface area contributed by atoms with Crippen molar-refractivity contribution in [1.82, 2.24) is 4.90 Å². The molecule has 2 aromatic heterocycles. The molecule has 0 aliphatic carbocycles. The highest BCUT2D eigenvalue weighted by atomic mass is 35.5. The highest BCUT2D eigenvalue weighted by molar-refractivity contribution is 7.09. The summed E-state index contributed by atoms with van der Waals surface area (Å²) in [6, 6.07) is 11.0. The molecule has 27 heavy (non-hydrogen) atoms. The predicted molar refractivity (Wildman–Crippen MR) is 104 cm³/mol. The molecule has 0 N–H and O–H groups in total. The first-order valence-corrected chi connectivity index (χ1v) is 9.89. The van der Waals surface area contributed by atoms with E-state index in [0.717, 1.165) is 17.1 Å². The van der Waals surface area contributed by atoms with Crippen LogP contribution in [0.2, 0.25) is 5.02 Å². The standard InChI is InChI=1S/C20H18ClNO4S/c21-17-10-14(11-18-19(17)26-8-3-7-25-18)20(23)22(12-15-4-1-6-24-15)13-16-5-2-9-27-16/h1-2,4-6,9-11H,3,7-8,12-13H2. The van der Waals surface area contributed by atoms with Crippen LogP contribution in [0.5, 0.6) is 11.5 Å². The van der Waals surface area contributed by atoms with Crippen LogP contribution in [0, 0.1) is 0 Å². The Labute approximate surface area is 166 Å². The maximum atomic E-state index is 13.3. The lowest BCUT2D eigenvalue weighted by molar-refractivity contribution is 0.0719. The molecule has 140 valence electrons. The van der Waals surface area contributed by atoms with E-state index in [1.807, 2.05) is 29.6 Å². The van der Waals surface area contributed by atoms with Gasteiger partial charge in [0.05, 0.1) is 37.6 Å². The second-order valence-corrected chi connectivity index (χ2v) is 7.60. The van der Waals surface area contributed by atoms with Crippen molar-refractivity contribution in [2.75, 3.05) is 13.2 Å². The van der Waals surface area contributed by atoms with Crippen molar-refractivity contribution in [3.8, 4) is 11.5 Å². The number of thiophene rings is 1. The van der Waals surface area contributed by atoms with Gasteiger partial charge in [-0.25, -0.2) is 0 Å². The minimum atomic E-state index is -0.141. The smallest absolute Gasteiger partial charge is 0.254 e. The Morgan fingerprint density at radius 2 is 2.04 bits per heavy atom. The minimum Gasteiger partial charge on any atom is -0.489 e. The zero-order valence-corrected chi connectivity index (χ0v) is 16.1. The minimum absolute atomic E-state index is 0.141. The number of amides is 1. The van der Waals surface area contributed by atoms with E-state index in [9.17, 15) is 4.79 Å². The van der Waals surface area contributed by atoms with Crippen LogP contribution in [0.15, 0.2) is 52.5 Å². The van der Waals surface area contributed by atoms with Gasteiger partial charge in [0.25, 0.3) is 5.91 Å². The van der Waals surface area contributed by atoms with Crippen molar-refractivity contribution in [3.63, 3.8) is 0 Å². The van der Waals surface area contributed by atoms with E-state index in [2.05, 4.69) is 0 Å². The molecule has 1 amide bonds. The van der Waals surface area contributed by atoms with E-state index in [1.165, 1.54) is 0 Å². The van der Waals surface area contributed by atoms with Crippen molar-refractivity contribution in [2.45, 2.75) is 19.5 Å². The number of carbonyl (C=O) groups is 1. The first-order valence-electron chi connectivity index (χ1n) is 8.64. The molecule has 0 fully saturated rings. The van der Waals surface area contributed by atoms with Crippen LogP contribution in [-0.4, -0.2) is 24.0 Å². The Balaban J connectivity index is 1.64. The Bertz CT molecular complexity index is 872. The first kappa shape index (κ1) is 17.9. The molecular formula is C20H18ClNO4S. The van der Waals surface area contributed by atoms with Crippen LogP contribution in [0.1, 0.15) is 27.4 Å². The number of benzene rings is 1. The summed E-state index contributed by atoms with van der Waals surface area (Å²) in [6.07, 6.45) is 2.38. The molecule has 0 unspecified atom stereocenters. The summed E-state index contributed by atoms with van der Waals surface area (Å²) in [5, 5.41) is 2.38. The van der Waals surface area contributed by atoms with Crippen LogP contribution in [0.3, 0.4) is 0 Å². The number of nitrogens with zero attached hydrogens (tertiary/aromatic N) is 1. The fourth-order valence-electron chi connectivity index (χ4n) is 2.92. The van der Waals surface area contributed by atoms with Crippen LogP contribution in [-0.2, 0) is 13.1 Å². The van der Waals surface area contributed by atoms with Gasteiger partial charge < -0.3 is 18.8 Å². The molecule has 4 rings (SSSR count). The summed E-state index contributed by atoms with van der Waals surface area (Å²) in [7, 11) is 0. The third kappa shape index (κ3) is 4.12. The Kier molecular flexibility index (Phi) is 5.36. The van der Waals surface area contributed by atoms with Gasteiger partial charge in [0.2, 0.25) is 0 Å². The molecule has 1 aliphatic heterocycles. The molecule has 0 spiro atoms. The second-order valence-electron chi connectivity index (χ2n) is 6.16. The Hall–Kier alpha value is -2.44. The highest BCUT2D eigenvalue weighted by Crippen LogP contribution is 2.38. The monoisotopic (exact) mass is 403 g/mol. The SMILES string of the molecule is O=C(c1cc(Cl)c2c(c1)OCCCO2)N(Cc1ccco1)Cc1cccs1. The molecule has 0 bridgehead atoms. The van der Waals surface area contributed by atoms with Crippen molar-refractivity contribution in [1.29, 1.82) is 0 Å². The van der Waals surface area contributed by atoms with Gasteiger partial charge in [-0.15, -0.1) is 11.3 Å². The van der Waals surface area contributed by atoms with Crippen LogP contribution >= 0.6 is 22.9 Å². The summed E-state index contributed by atoms with van der Waals surface area (Å²) in [6.45, 7) is 1.94. The lowest BCUT2D eigenvalue weighted by atomic mass is 10.1. The Morgan fingerprint density at radius 1 is 1.15 bits per heavy atom. The summed E-state index contributed by atoms with van der Waals surface area (Å²) in [4.78, 5) is 16.1. The average Bonchev–Trinajstić information content (AvgIpc) is 3.31. The molecule has 0 atom stereocenters. The van der Waals surface area contributed by atoms with Gasteiger partial charge in [-0.1, -0.05) is 17.7 Å². The van der Waals surface area contributed by atoms with Crippen LogP contribution in [0.4, 0.5) is 0 Å². The van der Waals surface area contributed by atoms with Gasteiger partial charge >= 0.3 is 0 Å². The number of fused-ring (bicyclic) bond motifs is 1. The van der Waals surface area contributed by atoms with Gasteiger partial charge in [0, 0.05) is 16.9 Å². The highest BCUT2D eigenvalue weighted by Gasteiger charge is 2.23. The number of ether oxygens (including phenoxy) is 2. The first-order chi connectivity index (χ1) is 13.2. The third-order valence-electron chi connectivity index (χ3n) is 4.19. The normalized spacial score (nSPS) is 13.2. The van der Waals surface area contributed by atoms with Crippen LogP contribution in [0.25, 0.3) is 0 Å². The molecule has 3 heterocycles. The summed E-state index contributed by atoms with van der Waals surface area (Å²) >= 11 is 7.97. The molecule has 1 aromatic carbocycles. The fourth-order valence-corrected chi connectivity index (χ4v) is 3.90. The van der Waals surface area contributed by atoms with E-state index in [0.29, 0.717) is 48.4 Å². The molecule has 0 saturated heterocycles. The molecule has 1 aliphatic rings. The number of hydrogen-bond acceptors (Lipinski definition) is 5. The van der Waals surface area contributed by atoms with Crippen molar-refractivity contribution in [2.24, 2.45) is 0 Å². The van der Waals surface area contributed by atoms with Gasteiger partial charge in [0.1, 0.15) is 5.76 Å². The number of carbonyl (C=O) groups excluding carboxylic acids is 1. The largest absolute Gasteiger partial charge is 0.489 e. The van der Waals surface area contributed by atoms with E-state index in [1.54, 1.807) is 34.6 Å². The lowest BCUT2D eigenvalue weighted by Gasteiger charge is -2.22. The van der Waals surface area contributed by atoms with Gasteiger partial charge in [-0.05, 0) is 35.7 Å². The molecule has 0 saturated carbocycles. The second kappa shape index (κ2) is 8.06. The van der Waals surface area contributed by atoms with Crippen molar-refractivity contribution in [3.05, 3.63) is 69.3 Å². The summed E-state index contributed by atoms with van der Waals surface area (Å²) in [5.41, 5.74) is 0.465. The van der Waals surface area contributed by atoms with Gasteiger partial charge in [0.15, 0.2) is 11.5 Å². The summed E-state index contributed by atoms with van der Waals surface area (Å²) in [5.74, 6) is 1.59. The van der Waals surface area contributed by atoms with E-state index in [-0.39, 0.29) is 5.91 Å². The molecule has 3 aromatic rings. The molecule has 0 radical (unpaired) electrons. The van der Waals surface area contributed by atoms with Crippen LogP contribution < -0.4 is 9.47 Å². The average molecular weight is 404 g/mol. The predicted octanol–water partition coefficient (Wildman–Crippen LogP) is 5.00. The zero-order valence-electron chi connectivity index (χ0n) is 14.5. The lowest BCUT2D eigenvalue weighted by Crippen LogP contribution is -2.29. The fraction of sp³-hybridized carbons (Fsp3) is 0.250. The van der Waals surface area contributed by atoms with Gasteiger partial charge in [-0.3, -0.25) is 4.79 Å². The summed E-state index contributed by atoms with van der Waals surface area (Å²) < 4.78 is 16.8. The number of furan rings is 1. The molecule has 7 heteroatoms. The maximum Gasteiger partial charge on any atom is 0.254 e.